The van der Waals surface area contributed by atoms with Gasteiger partial charge in [0, 0.05) is 28.8 Å². The molecule has 3 N–H and O–H groups in total. The number of rotatable bonds is 3. The van der Waals surface area contributed by atoms with Gasteiger partial charge in [-0.15, -0.1) is 0 Å². The Hall–Kier alpha value is -0.630. The summed E-state index contributed by atoms with van der Waals surface area (Å²) in [5.74, 6) is 0. The molecule has 0 saturated carbocycles. The van der Waals surface area contributed by atoms with Crippen molar-refractivity contribution in [1.29, 1.82) is 0 Å². The molecule has 7 heteroatoms. The Bertz CT molecular complexity index is 620. The van der Waals surface area contributed by atoms with Gasteiger partial charge in [-0.05, 0) is 59.9 Å². The third-order valence-electron chi connectivity index (χ3n) is 4.16. The number of hydrogen-bond acceptors (Lipinski definition) is 4. The molecule has 110 valence electrons. The largest absolute Gasteiger partial charge is 0.399 e. The van der Waals surface area contributed by atoms with E-state index < -0.39 is 10.0 Å². The quantitative estimate of drug-likeness (QED) is 0.802. The number of nitrogen functional groups attached to an aromatic ring is 1. The minimum absolute atomic E-state index is 0.0100. The minimum atomic E-state index is -3.54. The van der Waals surface area contributed by atoms with Crippen LogP contribution in [0.5, 0.6) is 0 Å². The summed E-state index contributed by atoms with van der Waals surface area (Å²) in [6.07, 6.45) is 3.11. The molecule has 0 bridgehead atoms. The van der Waals surface area contributed by atoms with Gasteiger partial charge in [-0.25, -0.2) is 13.1 Å². The first-order valence-electron chi connectivity index (χ1n) is 6.79. The summed E-state index contributed by atoms with van der Waals surface area (Å²) in [7, 11) is -3.54. The van der Waals surface area contributed by atoms with Crippen LogP contribution in [0.25, 0.3) is 0 Å². The first kappa shape index (κ1) is 14.3. The summed E-state index contributed by atoms with van der Waals surface area (Å²) in [5, 5.41) is 0. The Morgan fingerprint density at radius 1 is 1.30 bits per heavy atom. The molecule has 2 heterocycles. The lowest BCUT2D eigenvalue weighted by molar-refractivity contribution is 0.309. The molecule has 0 amide bonds. The molecular weight excluding hydrogens is 342 g/mol. The molecule has 1 aromatic rings. The Morgan fingerprint density at radius 2 is 2.10 bits per heavy atom. The van der Waals surface area contributed by atoms with Gasteiger partial charge in [0.25, 0.3) is 0 Å². The van der Waals surface area contributed by atoms with Crippen molar-refractivity contribution in [3.8, 4) is 0 Å². The average molecular weight is 360 g/mol. The van der Waals surface area contributed by atoms with E-state index in [1.165, 1.54) is 6.07 Å². The zero-order valence-electron chi connectivity index (χ0n) is 11.0. The topological polar surface area (TPSA) is 75.4 Å². The zero-order chi connectivity index (χ0) is 14.3. The van der Waals surface area contributed by atoms with E-state index in [-0.39, 0.29) is 10.9 Å². The van der Waals surface area contributed by atoms with Crippen LogP contribution in [-0.4, -0.2) is 38.5 Å². The van der Waals surface area contributed by atoms with Gasteiger partial charge in [0.1, 0.15) is 0 Å². The van der Waals surface area contributed by atoms with Crippen LogP contribution in [0, 0.1) is 0 Å². The van der Waals surface area contributed by atoms with E-state index in [1.807, 2.05) is 0 Å². The molecule has 0 aliphatic carbocycles. The van der Waals surface area contributed by atoms with Gasteiger partial charge in [0.2, 0.25) is 10.0 Å². The second-order valence-electron chi connectivity index (χ2n) is 5.45. The predicted octanol–water partition coefficient (Wildman–Crippen LogP) is 1.55. The van der Waals surface area contributed by atoms with Crippen molar-refractivity contribution in [1.82, 2.24) is 9.62 Å². The van der Waals surface area contributed by atoms with E-state index in [1.54, 1.807) is 12.1 Å². The number of nitrogens with one attached hydrogen (secondary N) is 1. The molecule has 0 aromatic heterocycles. The van der Waals surface area contributed by atoms with Gasteiger partial charge >= 0.3 is 0 Å². The standard InChI is InChI=1S/C13H18BrN3O2S/c14-10-4-3-9(15)8-13(10)20(18,19)16-11-5-7-17-6-1-2-12(11)17/h3-4,8,11-12,16H,1-2,5-7,15H2. The maximum absolute atomic E-state index is 12.5. The van der Waals surface area contributed by atoms with Gasteiger partial charge in [0.05, 0.1) is 4.90 Å². The molecule has 20 heavy (non-hydrogen) atoms. The molecule has 3 rings (SSSR count). The molecule has 2 fully saturated rings. The highest BCUT2D eigenvalue weighted by atomic mass is 79.9. The van der Waals surface area contributed by atoms with Gasteiger partial charge in [0.15, 0.2) is 0 Å². The van der Waals surface area contributed by atoms with Crippen LogP contribution in [0.15, 0.2) is 27.6 Å². The van der Waals surface area contributed by atoms with E-state index in [4.69, 9.17) is 5.73 Å². The Morgan fingerprint density at radius 3 is 2.90 bits per heavy atom. The zero-order valence-corrected chi connectivity index (χ0v) is 13.5. The Labute approximate surface area is 127 Å². The van der Waals surface area contributed by atoms with Crippen LogP contribution >= 0.6 is 15.9 Å². The first-order chi connectivity index (χ1) is 9.47. The highest BCUT2D eigenvalue weighted by molar-refractivity contribution is 9.10. The van der Waals surface area contributed by atoms with E-state index in [2.05, 4.69) is 25.6 Å². The van der Waals surface area contributed by atoms with Crippen LogP contribution in [0.4, 0.5) is 5.69 Å². The lowest BCUT2D eigenvalue weighted by Crippen LogP contribution is -2.42. The minimum Gasteiger partial charge on any atom is -0.399 e. The summed E-state index contributed by atoms with van der Waals surface area (Å²) in [5.41, 5.74) is 6.14. The predicted molar refractivity (Wildman–Crippen MR) is 81.9 cm³/mol. The van der Waals surface area contributed by atoms with Gasteiger partial charge < -0.3 is 5.73 Å². The van der Waals surface area contributed by atoms with Crippen LogP contribution in [0.2, 0.25) is 0 Å². The summed E-state index contributed by atoms with van der Waals surface area (Å²) >= 11 is 3.29. The normalized spacial score (nSPS) is 26.9. The van der Waals surface area contributed by atoms with Crippen molar-refractivity contribution in [3.05, 3.63) is 22.7 Å². The molecule has 0 spiro atoms. The third-order valence-corrected chi connectivity index (χ3v) is 6.64. The van der Waals surface area contributed by atoms with Crippen molar-refractivity contribution in [2.75, 3.05) is 18.8 Å². The molecule has 2 atom stereocenters. The summed E-state index contributed by atoms with van der Waals surface area (Å²) < 4.78 is 28.5. The smallest absolute Gasteiger partial charge is 0.242 e. The molecule has 1 aromatic carbocycles. The summed E-state index contributed by atoms with van der Waals surface area (Å²) in [6.45, 7) is 2.07. The van der Waals surface area contributed by atoms with Gasteiger partial charge in [-0.3, -0.25) is 4.90 Å². The average Bonchev–Trinajstić information content (AvgIpc) is 2.97. The molecule has 2 unspecified atom stereocenters. The second-order valence-corrected chi connectivity index (χ2v) is 7.99. The van der Waals surface area contributed by atoms with E-state index >= 15 is 0 Å². The van der Waals surface area contributed by atoms with E-state index in [0.717, 1.165) is 32.4 Å². The van der Waals surface area contributed by atoms with Crippen molar-refractivity contribution < 1.29 is 8.42 Å². The monoisotopic (exact) mass is 359 g/mol. The Balaban J connectivity index is 1.84. The number of anilines is 1. The maximum Gasteiger partial charge on any atom is 0.242 e. The highest BCUT2D eigenvalue weighted by Crippen LogP contribution is 2.30. The van der Waals surface area contributed by atoms with Crippen LogP contribution in [-0.2, 0) is 10.0 Å². The van der Waals surface area contributed by atoms with Crippen LogP contribution in [0.3, 0.4) is 0 Å². The fraction of sp³-hybridized carbons (Fsp3) is 0.538. The number of hydrogen-bond donors (Lipinski definition) is 2. The van der Waals surface area contributed by atoms with Crippen molar-refractivity contribution in [3.63, 3.8) is 0 Å². The number of nitrogens with zero attached hydrogens (tertiary/aromatic N) is 1. The second kappa shape index (κ2) is 5.29. The Kier molecular flexibility index (Phi) is 3.79. The molecule has 2 saturated heterocycles. The first-order valence-corrected chi connectivity index (χ1v) is 9.06. The number of benzene rings is 1. The van der Waals surface area contributed by atoms with Crippen LogP contribution < -0.4 is 10.5 Å². The van der Waals surface area contributed by atoms with Gasteiger partial charge in [-0.1, -0.05) is 0 Å². The fourth-order valence-corrected chi connectivity index (χ4v) is 5.51. The molecule has 2 aliphatic heterocycles. The van der Waals surface area contributed by atoms with E-state index in [9.17, 15) is 8.42 Å². The van der Waals surface area contributed by atoms with Crippen LogP contribution in [0.1, 0.15) is 19.3 Å². The highest BCUT2D eigenvalue weighted by Gasteiger charge is 2.39. The number of halogens is 1. The molecule has 5 nitrogen and oxygen atoms in total. The summed E-state index contributed by atoms with van der Waals surface area (Å²) in [6, 6.07) is 5.20. The van der Waals surface area contributed by atoms with E-state index in [0.29, 0.717) is 16.2 Å². The van der Waals surface area contributed by atoms with Gasteiger partial charge in [-0.2, -0.15) is 0 Å². The lowest BCUT2D eigenvalue weighted by atomic mass is 10.1. The van der Waals surface area contributed by atoms with Crippen molar-refractivity contribution >= 4 is 31.6 Å². The number of nitrogens with two attached hydrogens (primary N) is 1. The fourth-order valence-electron chi connectivity index (χ4n) is 3.21. The summed E-state index contributed by atoms with van der Waals surface area (Å²) in [4.78, 5) is 2.59. The number of fused-ring (bicyclic) bond motifs is 1. The van der Waals surface area contributed by atoms with Crippen molar-refractivity contribution in [2.24, 2.45) is 0 Å². The van der Waals surface area contributed by atoms with Crippen molar-refractivity contribution in [2.45, 2.75) is 36.2 Å². The maximum atomic E-state index is 12.5. The third kappa shape index (κ3) is 2.59. The lowest BCUT2D eigenvalue weighted by Gasteiger charge is -2.21. The number of sulfonamides is 1. The molecular formula is C13H18BrN3O2S. The SMILES string of the molecule is Nc1ccc(Br)c(S(=O)(=O)NC2CCN3CCCC23)c1. The molecule has 0 radical (unpaired) electrons. The molecule has 2 aliphatic rings.